The van der Waals surface area contributed by atoms with Gasteiger partial charge in [0.15, 0.2) is 0 Å². The lowest BCUT2D eigenvalue weighted by atomic mass is 9.92. The van der Waals surface area contributed by atoms with Gasteiger partial charge in [-0.15, -0.1) is 0 Å². The minimum Gasteiger partial charge on any atom is -0.361 e. The van der Waals surface area contributed by atoms with Crippen molar-refractivity contribution in [3.8, 4) is 0 Å². The highest BCUT2D eigenvalue weighted by Gasteiger charge is 2.29. The van der Waals surface area contributed by atoms with Crippen LogP contribution in [-0.2, 0) is 6.54 Å². The van der Waals surface area contributed by atoms with Gasteiger partial charge in [-0.05, 0) is 64.3 Å². The molecule has 3 rings (SSSR count). The summed E-state index contributed by atoms with van der Waals surface area (Å²) >= 11 is 0. The molecule has 26 heavy (non-hydrogen) atoms. The van der Waals surface area contributed by atoms with Crippen molar-refractivity contribution in [3.63, 3.8) is 0 Å². The van der Waals surface area contributed by atoms with Gasteiger partial charge >= 0.3 is 0 Å². The molecule has 0 bridgehead atoms. The number of piperidine rings is 1. The van der Waals surface area contributed by atoms with Gasteiger partial charge in [-0.25, -0.2) is 0 Å². The van der Waals surface area contributed by atoms with E-state index in [4.69, 9.17) is 0 Å². The average molecular weight is 360 g/mol. The second-order valence-electron chi connectivity index (χ2n) is 8.21. The lowest BCUT2D eigenvalue weighted by Crippen LogP contribution is -2.42. The molecule has 144 valence electrons. The van der Waals surface area contributed by atoms with E-state index >= 15 is 0 Å². The fourth-order valence-electron chi connectivity index (χ4n) is 4.66. The molecule has 0 unspecified atom stereocenters. The van der Waals surface area contributed by atoms with Crippen LogP contribution < -0.4 is 4.90 Å². The largest absolute Gasteiger partial charge is 0.361 e. The first-order chi connectivity index (χ1) is 12.6. The molecule has 0 radical (unpaired) electrons. The molecule has 0 aromatic heterocycles. The maximum atomic E-state index is 11.7. The van der Waals surface area contributed by atoms with Crippen molar-refractivity contribution in [2.75, 3.05) is 18.0 Å². The van der Waals surface area contributed by atoms with Crippen molar-refractivity contribution in [3.05, 3.63) is 33.9 Å². The summed E-state index contributed by atoms with van der Waals surface area (Å²) in [6, 6.07) is 6.47. The fraction of sp³-hybridized carbons (Fsp3) is 0.714. The number of hydrogen-bond donors (Lipinski definition) is 0. The molecule has 0 atom stereocenters. The van der Waals surface area contributed by atoms with Gasteiger partial charge in [-0.2, -0.15) is 0 Å². The van der Waals surface area contributed by atoms with Crippen LogP contribution in [0, 0.1) is 10.1 Å². The van der Waals surface area contributed by atoms with Crippen LogP contribution in [0.5, 0.6) is 0 Å². The summed E-state index contributed by atoms with van der Waals surface area (Å²) in [7, 11) is 0. The number of likely N-dealkylation sites (tertiary alicyclic amines) is 1. The van der Waals surface area contributed by atoms with Crippen LogP contribution in [0.4, 0.5) is 11.4 Å². The third-order valence-electron chi connectivity index (χ3n) is 5.89. The number of rotatable bonds is 6. The number of hydrogen-bond acceptors (Lipinski definition) is 4. The predicted octanol–water partition coefficient (Wildman–Crippen LogP) is 5.13. The smallest absolute Gasteiger partial charge is 0.292 e. The van der Waals surface area contributed by atoms with Crippen LogP contribution in [0.15, 0.2) is 18.2 Å². The Morgan fingerprint density at radius 3 is 2.38 bits per heavy atom. The molecule has 0 N–H and O–H groups in total. The molecular weight excluding hydrogens is 326 g/mol. The van der Waals surface area contributed by atoms with Gasteiger partial charge < -0.3 is 4.90 Å². The molecule has 1 saturated carbocycles. The Balaban J connectivity index is 1.89. The minimum absolute atomic E-state index is 0.210. The highest BCUT2D eigenvalue weighted by atomic mass is 16.6. The van der Waals surface area contributed by atoms with Crippen molar-refractivity contribution in [1.29, 1.82) is 0 Å². The van der Waals surface area contributed by atoms with E-state index in [9.17, 15) is 10.1 Å². The lowest BCUT2D eigenvalue weighted by molar-refractivity contribution is -0.384. The standard InChI is InChI=1S/C21H33N3O2/c1-17(2)23(19-9-5-3-6-10-19)21-15-18(11-12-20(21)24(25)26)16-22-13-7-4-8-14-22/h11-12,15,17,19H,3-10,13-14,16H2,1-2H3. The van der Waals surface area contributed by atoms with Crippen molar-refractivity contribution in [2.45, 2.75) is 83.8 Å². The van der Waals surface area contributed by atoms with E-state index in [1.165, 1.54) is 44.1 Å². The molecule has 1 aromatic rings. The first-order valence-corrected chi connectivity index (χ1v) is 10.3. The fourth-order valence-corrected chi connectivity index (χ4v) is 4.66. The molecular formula is C21H33N3O2. The van der Waals surface area contributed by atoms with Crippen molar-refractivity contribution in [2.24, 2.45) is 0 Å². The van der Waals surface area contributed by atoms with Crippen LogP contribution in [0.1, 0.15) is 70.8 Å². The van der Waals surface area contributed by atoms with Crippen molar-refractivity contribution in [1.82, 2.24) is 4.90 Å². The molecule has 2 fully saturated rings. The van der Waals surface area contributed by atoms with Gasteiger partial charge in [0.2, 0.25) is 0 Å². The Morgan fingerprint density at radius 2 is 1.77 bits per heavy atom. The Morgan fingerprint density at radius 1 is 1.12 bits per heavy atom. The van der Waals surface area contributed by atoms with E-state index < -0.39 is 0 Å². The summed E-state index contributed by atoms with van der Waals surface area (Å²) in [5, 5.41) is 11.7. The summed E-state index contributed by atoms with van der Waals surface area (Å²) in [5.41, 5.74) is 2.28. The molecule has 5 heteroatoms. The summed E-state index contributed by atoms with van der Waals surface area (Å²) in [6.45, 7) is 7.51. The van der Waals surface area contributed by atoms with Crippen molar-refractivity contribution >= 4 is 11.4 Å². The van der Waals surface area contributed by atoms with Gasteiger partial charge in [0.1, 0.15) is 5.69 Å². The van der Waals surface area contributed by atoms with Crippen LogP contribution in [0.3, 0.4) is 0 Å². The number of anilines is 1. The quantitative estimate of drug-likeness (QED) is 0.522. The van der Waals surface area contributed by atoms with Gasteiger partial charge in [-0.1, -0.05) is 31.7 Å². The Hall–Kier alpha value is -1.62. The predicted molar refractivity (Wildman–Crippen MR) is 107 cm³/mol. The number of nitro benzene ring substituents is 1. The monoisotopic (exact) mass is 359 g/mol. The molecule has 1 saturated heterocycles. The molecule has 1 aliphatic carbocycles. The molecule has 0 spiro atoms. The van der Waals surface area contributed by atoms with Gasteiger partial charge in [0.25, 0.3) is 5.69 Å². The van der Waals surface area contributed by atoms with E-state index in [0.717, 1.165) is 38.2 Å². The van der Waals surface area contributed by atoms with E-state index in [2.05, 4.69) is 29.7 Å². The Bertz CT molecular complexity index is 605. The summed E-state index contributed by atoms with van der Waals surface area (Å²) in [6.07, 6.45) is 9.89. The number of nitrogens with zero attached hydrogens (tertiary/aromatic N) is 3. The van der Waals surface area contributed by atoms with E-state index in [0.29, 0.717) is 6.04 Å². The molecule has 2 aliphatic rings. The molecule has 1 aromatic carbocycles. The van der Waals surface area contributed by atoms with Gasteiger partial charge in [0, 0.05) is 24.7 Å². The third-order valence-corrected chi connectivity index (χ3v) is 5.89. The average Bonchev–Trinajstić information content (AvgIpc) is 2.63. The maximum absolute atomic E-state index is 11.7. The summed E-state index contributed by atoms with van der Waals surface area (Å²) < 4.78 is 0. The zero-order valence-electron chi connectivity index (χ0n) is 16.3. The van der Waals surface area contributed by atoms with Crippen LogP contribution in [0.25, 0.3) is 0 Å². The molecule has 1 aliphatic heterocycles. The Kier molecular flexibility index (Phi) is 6.52. The SMILES string of the molecule is CC(C)N(c1cc(CN2CCCCC2)ccc1[N+](=O)[O-])C1CCCCC1. The summed E-state index contributed by atoms with van der Waals surface area (Å²) in [4.78, 5) is 16.3. The van der Waals surface area contributed by atoms with Crippen molar-refractivity contribution < 1.29 is 4.92 Å². The second-order valence-corrected chi connectivity index (χ2v) is 8.21. The highest BCUT2D eigenvalue weighted by Crippen LogP contribution is 2.36. The zero-order valence-corrected chi connectivity index (χ0v) is 16.3. The highest BCUT2D eigenvalue weighted by molar-refractivity contribution is 5.65. The molecule has 1 heterocycles. The molecule has 0 amide bonds. The second kappa shape index (κ2) is 8.85. The van der Waals surface area contributed by atoms with Crippen LogP contribution >= 0.6 is 0 Å². The summed E-state index contributed by atoms with van der Waals surface area (Å²) in [5.74, 6) is 0. The van der Waals surface area contributed by atoms with E-state index in [-0.39, 0.29) is 16.7 Å². The normalized spacial score (nSPS) is 19.7. The van der Waals surface area contributed by atoms with E-state index in [1.54, 1.807) is 6.07 Å². The first kappa shape index (κ1) is 19.2. The number of benzene rings is 1. The minimum atomic E-state index is -0.210. The third kappa shape index (κ3) is 4.56. The number of nitro groups is 1. The van der Waals surface area contributed by atoms with Gasteiger partial charge in [0.05, 0.1) is 4.92 Å². The topological polar surface area (TPSA) is 49.6 Å². The zero-order chi connectivity index (χ0) is 18.5. The maximum Gasteiger partial charge on any atom is 0.292 e. The van der Waals surface area contributed by atoms with Gasteiger partial charge in [-0.3, -0.25) is 15.0 Å². The van der Waals surface area contributed by atoms with E-state index in [1.807, 2.05) is 6.07 Å². The Labute approximate surface area is 157 Å². The van der Waals surface area contributed by atoms with Crippen LogP contribution in [0.2, 0.25) is 0 Å². The lowest BCUT2D eigenvalue weighted by Gasteiger charge is -2.39. The first-order valence-electron chi connectivity index (χ1n) is 10.3. The molecule has 5 nitrogen and oxygen atoms in total. The van der Waals surface area contributed by atoms with Crippen LogP contribution in [-0.4, -0.2) is 35.0 Å².